The molecule has 0 radical (unpaired) electrons. The summed E-state index contributed by atoms with van der Waals surface area (Å²) in [5, 5.41) is 5.46. The van der Waals surface area contributed by atoms with E-state index in [2.05, 4.69) is 10.4 Å². The van der Waals surface area contributed by atoms with Crippen molar-refractivity contribution in [2.45, 2.75) is 6.92 Å². The van der Waals surface area contributed by atoms with Gasteiger partial charge in [-0.15, -0.1) is 9.81 Å². The molecule has 0 fully saturated rings. The average molecular weight is 150 g/mol. The van der Waals surface area contributed by atoms with Crippen LogP contribution in [0.4, 0.5) is 11.4 Å². The van der Waals surface area contributed by atoms with Crippen LogP contribution < -0.4 is 0 Å². The number of nitrogens with zero attached hydrogens (tertiary/aromatic N) is 2. The Kier molecular flexibility index (Phi) is 2.06. The summed E-state index contributed by atoms with van der Waals surface area (Å²) in [7, 11) is 0. The van der Waals surface area contributed by atoms with Gasteiger partial charge in [-0.25, -0.2) is 0 Å². The van der Waals surface area contributed by atoms with Crippen LogP contribution in [-0.2, 0) is 0 Å². The molecule has 0 aliphatic carbocycles. The van der Waals surface area contributed by atoms with Crippen LogP contribution in [0.25, 0.3) is 0 Å². The fourth-order valence-corrected chi connectivity index (χ4v) is 0.809. The molecule has 0 aromatic heterocycles. The predicted molar refractivity (Wildman–Crippen MR) is 42.1 cm³/mol. The molecule has 0 saturated carbocycles. The first-order chi connectivity index (χ1) is 5.29. The Balaban J connectivity index is 3.30. The van der Waals surface area contributed by atoms with Gasteiger partial charge in [0.1, 0.15) is 11.4 Å². The maximum Gasteiger partial charge on any atom is 0.113 e. The third-order valence-corrected chi connectivity index (χ3v) is 1.47. The summed E-state index contributed by atoms with van der Waals surface area (Å²) in [4.78, 5) is 20.2. The van der Waals surface area contributed by atoms with Crippen molar-refractivity contribution in [2.75, 3.05) is 0 Å². The predicted octanol–water partition coefficient (Wildman–Crippen LogP) is 2.79. The molecule has 0 saturated heterocycles. The van der Waals surface area contributed by atoms with Crippen LogP contribution in [0.1, 0.15) is 5.56 Å². The van der Waals surface area contributed by atoms with Gasteiger partial charge >= 0.3 is 0 Å². The molecule has 56 valence electrons. The zero-order valence-electron chi connectivity index (χ0n) is 5.94. The van der Waals surface area contributed by atoms with Crippen LogP contribution in [0.2, 0.25) is 0 Å². The SMILES string of the molecule is Cc1c(N=O)cccc1N=O. The molecule has 4 nitrogen and oxygen atoms in total. The molecule has 0 heterocycles. The molecule has 0 atom stereocenters. The number of hydrogen-bond acceptors (Lipinski definition) is 4. The number of nitroso groups, excluding NO2 is 2. The van der Waals surface area contributed by atoms with Crippen molar-refractivity contribution < 1.29 is 0 Å². The van der Waals surface area contributed by atoms with Crippen LogP contribution in [-0.4, -0.2) is 0 Å². The summed E-state index contributed by atoms with van der Waals surface area (Å²) in [5.41, 5.74) is 1.06. The summed E-state index contributed by atoms with van der Waals surface area (Å²) >= 11 is 0. The van der Waals surface area contributed by atoms with Gasteiger partial charge in [-0.05, 0) is 29.4 Å². The van der Waals surface area contributed by atoms with Crippen molar-refractivity contribution in [2.24, 2.45) is 10.4 Å². The lowest BCUT2D eigenvalue weighted by molar-refractivity contribution is 1.34. The van der Waals surface area contributed by atoms with Crippen molar-refractivity contribution >= 4 is 11.4 Å². The van der Waals surface area contributed by atoms with Gasteiger partial charge in [0.25, 0.3) is 0 Å². The third-order valence-electron chi connectivity index (χ3n) is 1.47. The quantitative estimate of drug-likeness (QED) is 0.608. The average Bonchev–Trinajstić information content (AvgIpc) is 2.05. The van der Waals surface area contributed by atoms with E-state index < -0.39 is 0 Å². The summed E-state index contributed by atoms with van der Waals surface area (Å²) in [6.07, 6.45) is 0. The van der Waals surface area contributed by atoms with Crippen molar-refractivity contribution in [3.63, 3.8) is 0 Å². The Labute approximate surface area is 63.2 Å². The zero-order chi connectivity index (χ0) is 8.27. The van der Waals surface area contributed by atoms with E-state index >= 15 is 0 Å². The van der Waals surface area contributed by atoms with Gasteiger partial charge in [0.05, 0.1) is 0 Å². The van der Waals surface area contributed by atoms with E-state index in [0.29, 0.717) is 5.56 Å². The first-order valence-corrected chi connectivity index (χ1v) is 3.06. The number of hydrogen-bond donors (Lipinski definition) is 0. The van der Waals surface area contributed by atoms with Crippen LogP contribution in [0, 0.1) is 16.7 Å². The molecule has 0 amide bonds. The van der Waals surface area contributed by atoms with Crippen molar-refractivity contribution in [1.29, 1.82) is 0 Å². The largest absolute Gasteiger partial charge is 0.145 e. The molecular formula is C7H6N2O2. The maximum absolute atomic E-state index is 10.1. The monoisotopic (exact) mass is 150 g/mol. The fourth-order valence-electron chi connectivity index (χ4n) is 0.809. The summed E-state index contributed by atoms with van der Waals surface area (Å²) < 4.78 is 0. The minimum atomic E-state index is 0.266. The first-order valence-electron chi connectivity index (χ1n) is 3.06. The Morgan fingerprint density at radius 2 is 1.55 bits per heavy atom. The molecule has 0 unspecified atom stereocenters. The topological polar surface area (TPSA) is 58.9 Å². The van der Waals surface area contributed by atoms with E-state index in [-0.39, 0.29) is 11.4 Å². The summed E-state index contributed by atoms with van der Waals surface area (Å²) in [5.74, 6) is 0. The van der Waals surface area contributed by atoms with Crippen LogP contribution >= 0.6 is 0 Å². The molecule has 0 spiro atoms. The highest BCUT2D eigenvalue weighted by molar-refractivity contribution is 5.58. The molecule has 0 bridgehead atoms. The standard InChI is InChI=1S/C7H6N2O2/c1-5-6(8-10)3-2-4-7(5)9-11/h2-4H,1H3. The van der Waals surface area contributed by atoms with Crippen LogP contribution in [0.3, 0.4) is 0 Å². The molecule has 0 aliphatic heterocycles. The smallest absolute Gasteiger partial charge is 0.113 e. The molecule has 11 heavy (non-hydrogen) atoms. The van der Waals surface area contributed by atoms with E-state index in [9.17, 15) is 9.81 Å². The maximum atomic E-state index is 10.1. The first kappa shape index (κ1) is 7.53. The van der Waals surface area contributed by atoms with Gasteiger partial charge in [-0.2, -0.15) is 0 Å². The van der Waals surface area contributed by atoms with Crippen molar-refractivity contribution in [1.82, 2.24) is 0 Å². The van der Waals surface area contributed by atoms with Gasteiger partial charge in [-0.3, -0.25) is 0 Å². The molecular weight excluding hydrogens is 144 g/mol. The Morgan fingerprint density at radius 3 is 1.91 bits per heavy atom. The highest BCUT2D eigenvalue weighted by atomic mass is 16.3. The van der Waals surface area contributed by atoms with Gasteiger partial charge in [-0.1, -0.05) is 6.07 Å². The summed E-state index contributed by atoms with van der Waals surface area (Å²) in [6, 6.07) is 4.65. The zero-order valence-corrected chi connectivity index (χ0v) is 5.94. The molecule has 1 aromatic carbocycles. The van der Waals surface area contributed by atoms with E-state index in [1.165, 1.54) is 12.1 Å². The molecule has 0 N–H and O–H groups in total. The Morgan fingerprint density at radius 1 is 1.09 bits per heavy atom. The van der Waals surface area contributed by atoms with E-state index in [1.54, 1.807) is 13.0 Å². The fraction of sp³-hybridized carbons (Fsp3) is 0.143. The van der Waals surface area contributed by atoms with E-state index in [0.717, 1.165) is 0 Å². The molecule has 4 heteroatoms. The van der Waals surface area contributed by atoms with Gasteiger partial charge in [0.2, 0.25) is 0 Å². The van der Waals surface area contributed by atoms with Gasteiger partial charge in [0, 0.05) is 5.56 Å². The van der Waals surface area contributed by atoms with E-state index in [4.69, 9.17) is 0 Å². The van der Waals surface area contributed by atoms with Crippen molar-refractivity contribution in [3.8, 4) is 0 Å². The minimum Gasteiger partial charge on any atom is -0.145 e. The van der Waals surface area contributed by atoms with E-state index in [1.807, 2.05) is 0 Å². The lowest BCUT2D eigenvalue weighted by atomic mass is 10.2. The minimum absolute atomic E-state index is 0.266. The third kappa shape index (κ3) is 1.29. The number of benzene rings is 1. The molecule has 0 aliphatic rings. The molecule has 1 rings (SSSR count). The molecule has 1 aromatic rings. The highest BCUT2D eigenvalue weighted by Crippen LogP contribution is 2.26. The van der Waals surface area contributed by atoms with Crippen LogP contribution in [0.5, 0.6) is 0 Å². The number of rotatable bonds is 2. The second-order valence-corrected chi connectivity index (χ2v) is 2.10. The van der Waals surface area contributed by atoms with Crippen molar-refractivity contribution in [3.05, 3.63) is 33.6 Å². The Hall–Kier alpha value is -1.58. The van der Waals surface area contributed by atoms with Crippen LogP contribution in [0.15, 0.2) is 28.6 Å². The second-order valence-electron chi connectivity index (χ2n) is 2.10. The highest BCUT2D eigenvalue weighted by Gasteiger charge is 2.02. The lowest BCUT2D eigenvalue weighted by Crippen LogP contribution is -1.73. The van der Waals surface area contributed by atoms with Gasteiger partial charge in [0.15, 0.2) is 0 Å². The Bertz CT molecular complexity index is 270. The summed E-state index contributed by atoms with van der Waals surface area (Å²) in [6.45, 7) is 1.63. The normalized spacial score (nSPS) is 9.18. The lowest BCUT2D eigenvalue weighted by Gasteiger charge is -1.96. The second kappa shape index (κ2) is 3.01. The van der Waals surface area contributed by atoms with Gasteiger partial charge < -0.3 is 0 Å².